The first-order valence-electron chi connectivity index (χ1n) is 6.03. The van der Waals surface area contributed by atoms with Crippen LogP contribution in [0.3, 0.4) is 0 Å². The highest BCUT2D eigenvalue weighted by Crippen LogP contribution is 2.16. The van der Waals surface area contributed by atoms with E-state index in [2.05, 4.69) is 24.1 Å². The Balaban J connectivity index is 2.34. The van der Waals surface area contributed by atoms with Crippen molar-refractivity contribution in [3.05, 3.63) is 0 Å². The third kappa shape index (κ3) is 5.27. The van der Waals surface area contributed by atoms with Gasteiger partial charge in [0.1, 0.15) is 9.84 Å². The quantitative estimate of drug-likeness (QED) is 0.743. The predicted octanol–water partition coefficient (Wildman–Crippen LogP) is 0.493. The van der Waals surface area contributed by atoms with Gasteiger partial charge in [0.25, 0.3) is 0 Å². The van der Waals surface area contributed by atoms with Crippen molar-refractivity contribution in [1.29, 1.82) is 0 Å². The maximum absolute atomic E-state index is 11.1. The van der Waals surface area contributed by atoms with Crippen LogP contribution >= 0.6 is 0 Å². The highest BCUT2D eigenvalue weighted by Gasteiger charge is 2.24. The summed E-state index contributed by atoms with van der Waals surface area (Å²) in [5, 5.41) is 3.42. The summed E-state index contributed by atoms with van der Waals surface area (Å²) in [6, 6.07) is 1.02. The van der Waals surface area contributed by atoms with Crippen molar-refractivity contribution in [1.82, 2.24) is 10.2 Å². The van der Waals surface area contributed by atoms with E-state index in [1.54, 1.807) is 0 Å². The summed E-state index contributed by atoms with van der Waals surface area (Å²) in [6.45, 7) is 6.97. The fraction of sp³-hybridized carbons (Fsp3) is 1.00. The van der Waals surface area contributed by atoms with Crippen molar-refractivity contribution < 1.29 is 8.42 Å². The van der Waals surface area contributed by atoms with Crippen LogP contribution in [-0.2, 0) is 9.84 Å². The van der Waals surface area contributed by atoms with Crippen LogP contribution < -0.4 is 5.32 Å². The zero-order valence-electron chi connectivity index (χ0n) is 10.6. The van der Waals surface area contributed by atoms with Crippen molar-refractivity contribution >= 4 is 9.84 Å². The van der Waals surface area contributed by atoms with Crippen LogP contribution in [0, 0.1) is 0 Å². The Morgan fingerprint density at radius 2 is 2.12 bits per heavy atom. The van der Waals surface area contributed by atoms with E-state index in [0.717, 1.165) is 13.1 Å². The molecule has 0 bridgehead atoms. The minimum absolute atomic E-state index is 0.283. The molecule has 0 aromatic rings. The van der Waals surface area contributed by atoms with Crippen molar-refractivity contribution in [3.8, 4) is 0 Å². The van der Waals surface area contributed by atoms with E-state index in [0.29, 0.717) is 18.6 Å². The largest absolute Gasteiger partial charge is 0.313 e. The van der Waals surface area contributed by atoms with Gasteiger partial charge in [0.15, 0.2) is 0 Å². The monoisotopic (exact) mass is 248 g/mol. The molecular formula is C11H24N2O2S. The van der Waals surface area contributed by atoms with Crippen molar-refractivity contribution in [3.63, 3.8) is 0 Å². The second-order valence-electron chi connectivity index (χ2n) is 5.02. The number of rotatable bonds is 6. The maximum Gasteiger partial charge on any atom is 0.148 e. The highest BCUT2D eigenvalue weighted by molar-refractivity contribution is 7.90. The summed E-state index contributed by atoms with van der Waals surface area (Å²) in [7, 11) is -2.83. The van der Waals surface area contributed by atoms with Crippen LogP contribution in [0.1, 0.15) is 26.7 Å². The molecule has 96 valence electrons. The third-order valence-corrected chi connectivity index (χ3v) is 3.93. The van der Waals surface area contributed by atoms with Crippen molar-refractivity contribution in [2.24, 2.45) is 0 Å². The van der Waals surface area contributed by atoms with E-state index in [-0.39, 0.29) is 5.75 Å². The van der Waals surface area contributed by atoms with E-state index in [1.807, 2.05) is 0 Å². The Morgan fingerprint density at radius 1 is 1.44 bits per heavy atom. The first kappa shape index (κ1) is 13.9. The van der Waals surface area contributed by atoms with Crippen molar-refractivity contribution in [2.45, 2.75) is 38.8 Å². The molecule has 1 unspecified atom stereocenters. The smallest absolute Gasteiger partial charge is 0.148 e. The molecule has 1 heterocycles. The average molecular weight is 248 g/mol. The van der Waals surface area contributed by atoms with Gasteiger partial charge in [0.2, 0.25) is 0 Å². The molecule has 16 heavy (non-hydrogen) atoms. The van der Waals surface area contributed by atoms with E-state index < -0.39 is 9.84 Å². The minimum Gasteiger partial charge on any atom is -0.313 e. The Labute approximate surface area is 99.3 Å². The predicted molar refractivity (Wildman–Crippen MR) is 67.4 cm³/mol. The lowest BCUT2D eigenvalue weighted by atomic mass is 10.2. The number of nitrogens with zero attached hydrogens (tertiary/aromatic N) is 1. The highest BCUT2D eigenvalue weighted by atomic mass is 32.2. The molecule has 0 aliphatic carbocycles. The lowest BCUT2D eigenvalue weighted by molar-refractivity contribution is 0.257. The van der Waals surface area contributed by atoms with Gasteiger partial charge in [0.05, 0.1) is 5.75 Å². The van der Waals surface area contributed by atoms with E-state index in [4.69, 9.17) is 0 Å². The molecule has 1 aliphatic heterocycles. The lowest BCUT2D eigenvalue weighted by Gasteiger charge is -2.25. The van der Waals surface area contributed by atoms with Crippen LogP contribution in [0.5, 0.6) is 0 Å². The Morgan fingerprint density at radius 3 is 2.69 bits per heavy atom. The lowest BCUT2D eigenvalue weighted by Crippen LogP contribution is -2.41. The van der Waals surface area contributed by atoms with Gasteiger partial charge in [-0.25, -0.2) is 8.42 Å². The fourth-order valence-electron chi connectivity index (χ4n) is 2.08. The Bertz CT molecular complexity index is 301. The molecule has 5 heteroatoms. The second kappa shape index (κ2) is 5.98. The van der Waals surface area contributed by atoms with Crippen LogP contribution in [0.2, 0.25) is 0 Å². The number of likely N-dealkylation sites (tertiary alicyclic amines) is 1. The van der Waals surface area contributed by atoms with Gasteiger partial charge in [-0.15, -0.1) is 0 Å². The first-order chi connectivity index (χ1) is 7.38. The standard InChI is InChI=1S/C11H24N2O2S/c1-10(2)12-9-11-5-4-6-13(11)7-8-16(3,14)15/h10-12H,4-9H2,1-3H3. The van der Waals surface area contributed by atoms with E-state index >= 15 is 0 Å². The summed E-state index contributed by atoms with van der Waals surface area (Å²) < 4.78 is 22.2. The van der Waals surface area contributed by atoms with Gasteiger partial charge < -0.3 is 5.32 Å². The number of sulfone groups is 1. The molecule has 1 rings (SSSR count). The summed E-state index contributed by atoms with van der Waals surface area (Å²) in [6.07, 6.45) is 3.68. The molecule has 0 spiro atoms. The van der Waals surface area contributed by atoms with E-state index in [1.165, 1.54) is 19.1 Å². The minimum atomic E-state index is -2.83. The fourth-order valence-corrected chi connectivity index (χ4v) is 2.64. The molecule has 4 nitrogen and oxygen atoms in total. The van der Waals surface area contributed by atoms with Gasteiger partial charge >= 0.3 is 0 Å². The van der Waals surface area contributed by atoms with Crippen LogP contribution in [-0.4, -0.2) is 57.0 Å². The molecular weight excluding hydrogens is 224 g/mol. The van der Waals surface area contributed by atoms with Gasteiger partial charge in [-0.1, -0.05) is 13.8 Å². The normalized spacial score (nSPS) is 23.1. The molecule has 1 saturated heterocycles. The Kier molecular flexibility index (Phi) is 5.21. The van der Waals surface area contributed by atoms with Crippen LogP contribution in [0.15, 0.2) is 0 Å². The molecule has 0 amide bonds. The summed E-state index contributed by atoms with van der Waals surface area (Å²) >= 11 is 0. The molecule has 1 atom stereocenters. The average Bonchev–Trinajstić information content (AvgIpc) is 2.57. The summed E-state index contributed by atoms with van der Waals surface area (Å²) in [5.41, 5.74) is 0. The zero-order valence-corrected chi connectivity index (χ0v) is 11.4. The Hall–Kier alpha value is -0.130. The molecule has 0 saturated carbocycles. The van der Waals surface area contributed by atoms with Crippen molar-refractivity contribution in [2.75, 3.05) is 31.6 Å². The van der Waals surface area contributed by atoms with Crippen LogP contribution in [0.25, 0.3) is 0 Å². The molecule has 1 fully saturated rings. The summed E-state index contributed by atoms with van der Waals surface area (Å²) in [4.78, 5) is 2.30. The second-order valence-corrected chi connectivity index (χ2v) is 7.28. The third-order valence-electron chi connectivity index (χ3n) is 3.01. The molecule has 0 aromatic heterocycles. The first-order valence-corrected chi connectivity index (χ1v) is 8.09. The van der Waals surface area contributed by atoms with Crippen LogP contribution in [0.4, 0.5) is 0 Å². The number of nitrogens with one attached hydrogen (secondary N) is 1. The molecule has 0 aromatic carbocycles. The SMILES string of the molecule is CC(C)NCC1CCCN1CCS(C)(=O)=O. The molecule has 1 N–H and O–H groups in total. The molecule has 1 aliphatic rings. The van der Waals surface area contributed by atoms with Gasteiger partial charge in [0, 0.05) is 31.4 Å². The topological polar surface area (TPSA) is 49.4 Å². The molecule has 0 radical (unpaired) electrons. The van der Waals surface area contributed by atoms with Gasteiger partial charge in [-0.05, 0) is 19.4 Å². The zero-order chi connectivity index (χ0) is 12.2. The number of hydrogen-bond acceptors (Lipinski definition) is 4. The van der Waals surface area contributed by atoms with Gasteiger partial charge in [-0.3, -0.25) is 4.90 Å². The number of hydrogen-bond donors (Lipinski definition) is 1. The van der Waals surface area contributed by atoms with Gasteiger partial charge in [-0.2, -0.15) is 0 Å². The maximum atomic E-state index is 11.1. The van der Waals surface area contributed by atoms with E-state index in [9.17, 15) is 8.42 Å². The summed E-state index contributed by atoms with van der Waals surface area (Å²) in [5.74, 6) is 0.283.